The Morgan fingerprint density at radius 3 is 2.10 bits per heavy atom. The number of aryl methyl sites for hydroxylation is 1. The number of hydrogen-bond acceptors (Lipinski definition) is 5. The minimum absolute atomic E-state index is 0.0380. The zero-order chi connectivity index (χ0) is 28.2. The lowest BCUT2D eigenvalue weighted by Gasteiger charge is -2.17. The molecule has 0 aliphatic heterocycles. The van der Waals surface area contributed by atoms with Gasteiger partial charge in [-0.05, 0) is 53.9 Å². The second kappa shape index (κ2) is 11.3. The van der Waals surface area contributed by atoms with Gasteiger partial charge in [0, 0.05) is 17.3 Å². The summed E-state index contributed by atoms with van der Waals surface area (Å²) in [7, 11) is 3.01. The maximum Gasteiger partial charge on any atom is 0.332 e. The van der Waals surface area contributed by atoms with Crippen LogP contribution in [-0.4, -0.2) is 29.3 Å². The summed E-state index contributed by atoms with van der Waals surface area (Å²) >= 11 is 0. The molecular weight excluding hydrogens is 506 g/mol. The van der Waals surface area contributed by atoms with Gasteiger partial charge in [0.05, 0.1) is 38.2 Å². The average molecular weight is 536 g/mol. The Labute approximate surface area is 231 Å². The van der Waals surface area contributed by atoms with Crippen molar-refractivity contribution in [2.75, 3.05) is 19.5 Å². The Balaban J connectivity index is 1.56. The molecule has 0 saturated heterocycles. The topological polar surface area (TPSA) is 91.6 Å². The Hall–Kier alpha value is -5.11. The molecule has 0 fully saturated rings. The van der Waals surface area contributed by atoms with Gasteiger partial charge in [0.1, 0.15) is 0 Å². The van der Waals surface area contributed by atoms with Gasteiger partial charge >= 0.3 is 5.69 Å². The number of ether oxygens (including phenoxy) is 2. The van der Waals surface area contributed by atoms with E-state index in [4.69, 9.17) is 9.47 Å². The van der Waals surface area contributed by atoms with Crippen LogP contribution in [0, 0.1) is 6.92 Å². The van der Waals surface area contributed by atoms with Crippen LogP contribution >= 0.6 is 0 Å². The molecule has 0 aliphatic carbocycles. The normalized spacial score (nSPS) is 10.9. The predicted octanol–water partition coefficient (Wildman–Crippen LogP) is 4.84. The van der Waals surface area contributed by atoms with Crippen molar-refractivity contribution in [3.63, 3.8) is 0 Å². The van der Waals surface area contributed by atoms with Gasteiger partial charge in [0.2, 0.25) is 0 Å². The SMILES string of the molecule is COc1cc2c(=O)n(Cc3ccc(C(=O)Nc4ccccc4)cc3)c(=O)n(Cc3ccccc3C)c2cc1OC. The van der Waals surface area contributed by atoms with Gasteiger partial charge in [-0.3, -0.25) is 18.7 Å². The van der Waals surface area contributed by atoms with E-state index in [0.717, 1.165) is 11.1 Å². The van der Waals surface area contributed by atoms with Crippen LogP contribution in [0.2, 0.25) is 0 Å². The average Bonchev–Trinajstić information content (AvgIpc) is 2.98. The maximum atomic E-state index is 13.8. The summed E-state index contributed by atoms with van der Waals surface area (Å²) < 4.78 is 13.7. The zero-order valence-electron chi connectivity index (χ0n) is 22.5. The minimum Gasteiger partial charge on any atom is -0.493 e. The summed E-state index contributed by atoms with van der Waals surface area (Å²) in [5.41, 5.74) is 3.43. The first-order chi connectivity index (χ1) is 19.4. The van der Waals surface area contributed by atoms with E-state index in [2.05, 4.69) is 5.32 Å². The Bertz CT molecular complexity index is 1810. The van der Waals surface area contributed by atoms with Gasteiger partial charge in [-0.2, -0.15) is 0 Å². The quantitative estimate of drug-likeness (QED) is 0.307. The molecule has 1 aromatic heterocycles. The van der Waals surface area contributed by atoms with Gasteiger partial charge < -0.3 is 14.8 Å². The molecule has 1 N–H and O–H groups in total. The minimum atomic E-state index is -0.445. The third kappa shape index (κ3) is 5.24. The number of fused-ring (bicyclic) bond motifs is 1. The fraction of sp³-hybridized carbons (Fsp3) is 0.156. The van der Waals surface area contributed by atoms with E-state index in [1.54, 1.807) is 41.0 Å². The Kier molecular flexibility index (Phi) is 7.50. The van der Waals surface area contributed by atoms with Crippen molar-refractivity contribution in [1.29, 1.82) is 0 Å². The standard InChI is InChI=1S/C32H29N3O5/c1-21-9-7-8-10-24(21)20-34-27-18-29(40-3)28(39-2)17-26(27)31(37)35(32(34)38)19-22-13-15-23(16-14-22)30(36)33-25-11-5-4-6-12-25/h4-18H,19-20H2,1-3H3,(H,33,36). The molecule has 0 aliphatic rings. The highest BCUT2D eigenvalue weighted by Crippen LogP contribution is 2.30. The number of amides is 1. The van der Waals surface area contributed by atoms with Gasteiger partial charge in [0.25, 0.3) is 11.5 Å². The second-order valence-electron chi connectivity index (χ2n) is 9.43. The molecular formula is C32H29N3O5. The molecule has 0 bridgehead atoms. The predicted molar refractivity (Wildman–Crippen MR) is 156 cm³/mol. The van der Waals surface area contributed by atoms with E-state index in [1.807, 2.05) is 61.5 Å². The number of nitrogens with one attached hydrogen (secondary N) is 1. The van der Waals surface area contributed by atoms with Crippen LogP contribution in [-0.2, 0) is 13.1 Å². The molecule has 0 spiro atoms. The first kappa shape index (κ1) is 26.5. The van der Waals surface area contributed by atoms with Crippen LogP contribution in [0.15, 0.2) is 101 Å². The van der Waals surface area contributed by atoms with Crippen molar-refractivity contribution in [3.05, 3.63) is 134 Å². The number of carbonyl (C=O) groups excluding carboxylic acids is 1. The molecule has 40 heavy (non-hydrogen) atoms. The van der Waals surface area contributed by atoms with E-state index >= 15 is 0 Å². The number of benzene rings is 4. The highest BCUT2D eigenvalue weighted by molar-refractivity contribution is 6.04. The van der Waals surface area contributed by atoms with Crippen molar-refractivity contribution >= 4 is 22.5 Å². The lowest BCUT2D eigenvalue weighted by atomic mass is 10.1. The van der Waals surface area contributed by atoms with Crippen LogP contribution in [0.3, 0.4) is 0 Å². The van der Waals surface area contributed by atoms with Gasteiger partial charge in [-0.1, -0.05) is 54.6 Å². The third-order valence-corrected chi connectivity index (χ3v) is 6.91. The third-order valence-electron chi connectivity index (χ3n) is 6.91. The summed E-state index contributed by atoms with van der Waals surface area (Å²) in [6.07, 6.45) is 0. The molecule has 5 rings (SSSR count). The molecule has 1 heterocycles. The molecule has 1 amide bonds. The largest absolute Gasteiger partial charge is 0.493 e. The summed E-state index contributed by atoms with van der Waals surface area (Å²) in [6.45, 7) is 2.30. The molecule has 5 aromatic rings. The van der Waals surface area contributed by atoms with Crippen LogP contribution in [0.1, 0.15) is 27.0 Å². The zero-order valence-corrected chi connectivity index (χ0v) is 22.5. The molecule has 0 radical (unpaired) electrons. The first-order valence-corrected chi connectivity index (χ1v) is 12.8. The van der Waals surface area contributed by atoms with E-state index in [0.29, 0.717) is 39.2 Å². The highest BCUT2D eigenvalue weighted by atomic mass is 16.5. The van der Waals surface area contributed by atoms with Crippen LogP contribution < -0.4 is 26.0 Å². The lowest BCUT2D eigenvalue weighted by Crippen LogP contribution is -2.40. The molecule has 202 valence electrons. The number of para-hydroxylation sites is 1. The number of aromatic nitrogens is 2. The summed E-state index contributed by atoms with van der Waals surface area (Å²) in [4.78, 5) is 40.2. The van der Waals surface area contributed by atoms with Crippen LogP contribution in [0.5, 0.6) is 11.5 Å². The Morgan fingerprint density at radius 1 is 0.775 bits per heavy atom. The number of rotatable bonds is 8. The van der Waals surface area contributed by atoms with Crippen molar-refractivity contribution < 1.29 is 14.3 Å². The van der Waals surface area contributed by atoms with Crippen molar-refractivity contribution in [2.24, 2.45) is 0 Å². The molecule has 8 heteroatoms. The van der Waals surface area contributed by atoms with E-state index < -0.39 is 11.2 Å². The van der Waals surface area contributed by atoms with Gasteiger partial charge in [-0.15, -0.1) is 0 Å². The summed E-state index contributed by atoms with van der Waals surface area (Å²) in [5, 5.41) is 3.19. The van der Waals surface area contributed by atoms with Gasteiger partial charge in [-0.25, -0.2) is 4.79 Å². The van der Waals surface area contributed by atoms with Gasteiger partial charge in [0.15, 0.2) is 11.5 Å². The van der Waals surface area contributed by atoms with E-state index in [1.165, 1.54) is 18.8 Å². The smallest absolute Gasteiger partial charge is 0.332 e. The second-order valence-corrected chi connectivity index (χ2v) is 9.43. The molecule has 8 nitrogen and oxygen atoms in total. The molecule has 4 aromatic carbocycles. The molecule has 0 atom stereocenters. The summed E-state index contributed by atoms with van der Waals surface area (Å²) in [5.74, 6) is 0.574. The monoisotopic (exact) mass is 535 g/mol. The fourth-order valence-electron chi connectivity index (χ4n) is 4.66. The highest BCUT2D eigenvalue weighted by Gasteiger charge is 2.18. The maximum absolute atomic E-state index is 13.8. The fourth-order valence-corrected chi connectivity index (χ4v) is 4.66. The molecule has 0 unspecified atom stereocenters. The van der Waals surface area contributed by atoms with E-state index in [9.17, 15) is 14.4 Å². The van der Waals surface area contributed by atoms with Crippen molar-refractivity contribution in [3.8, 4) is 11.5 Å². The van der Waals surface area contributed by atoms with Crippen molar-refractivity contribution in [2.45, 2.75) is 20.0 Å². The Morgan fingerprint density at radius 2 is 1.43 bits per heavy atom. The van der Waals surface area contributed by atoms with Crippen LogP contribution in [0.4, 0.5) is 5.69 Å². The number of methoxy groups -OCH3 is 2. The first-order valence-electron chi connectivity index (χ1n) is 12.8. The van der Waals surface area contributed by atoms with Crippen LogP contribution in [0.25, 0.3) is 10.9 Å². The summed E-state index contributed by atoms with van der Waals surface area (Å²) in [6, 6.07) is 27.1. The van der Waals surface area contributed by atoms with Crippen molar-refractivity contribution in [1.82, 2.24) is 9.13 Å². The molecule has 0 saturated carbocycles. The lowest BCUT2D eigenvalue weighted by molar-refractivity contribution is 0.102. The number of hydrogen-bond donors (Lipinski definition) is 1. The number of carbonyl (C=O) groups is 1. The number of anilines is 1. The number of nitrogens with zero attached hydrogens (tertiary/aromatic N) is 2. The van der Waals surface area contributed by atoms with E-state index in [-0.39, 0.29) is 19.0 Å².